The number of pyridine rings is 1. The number of nitrogens with zero attached hydrogens (tertiary/aromatic N) is 3. The van der Waals surface area contributed by atoms with Gasteiger partial charge in [-0.3, -0.25) is 9.78 Å². The lowest BCUT2D eigenvalue weighted by Crippen LogP contribution is -2.34. The molecule has 3 aromatic rings. The maximum Gasteiger partial charge on any atom is 0.270 e. The first kappa shape index (κ1) is 19.2. The fourth-order valence-electron chi connectivity index (χ4n) is 3.62. The van der Waals surface area contributed by atoms with Crippen molar-refractivity contribution in [1.82, 2.24) is 20.1 Å². The molecule has 1 N–H and O–H groups in total. The average molecular weight is 396 g/mol. The summed E-state index contributed by atoms with van der Waals surface area (Å²) in [7, 11) is 0. The smallest absolute Gasteiger partial charge is 0.270 e. The Morgan fingerprint density at radius 2 is 2.10 bits per heavy atom. The predicted octanol–water partition coefficient (Wildman–Crippen LogP) is 4.08. The van der Waals surface area contributed by atoms with Gasteiger partial charge in [0.15, 0.2) is 0 Å². The number of aryl methyl sites for hydroxylation is 1. The zero-order valence-corrected chi connectivity index (χ0v) is 16.1. The first-order chi connectivity index (χ1) is 13.9. The van der Waals surface area contributed by atoms with Gasteiger partial charge in [-0.2, -0.15) is 5.10 Å². The van der Waals surface area contributed by atoms with E-state index in [-0.39, 0.29) is 18.5 Å². The van der Waals surface area contributed by atoms with Gasteiger partial charge in [-0.25, -0.2) is 13.5 Å². The first-order valence-corrected chi connectivity index (χ1v) is 9.63. The van der Waals surface area contributed by atoms with Gasteiger partial charge < -0.3 is 5.32 Å². The van der Waals surface area contributed by atoms with Crippen molar-refractivity contribution in [2.24, 2.45) is 0 Å². The van der Waals surface area contributed by atoms with Crippen molar-refractivity contribution in [1.29, 1.82) is 0 Å². The Hall–Kier alpha value is -3.09. The van der Waals surface area contributed by atoms with Gasteiger partial charge in [0.1, 0.15) is 5.69 Å². The van der Waals surface area contributed by atoms with Crippen LogP contribution >= 0.6 is 0 Å². The van der Waals surface area contributed by atoms with Crippen LogP contribution in [0.25, 0.3) is 5.69 Å². The van der Waals surface area contributed by atoms with Gasteiger partial charge in [-0.05, 0) is 60.7 Å². The highest BCUT2D eigenvalue weighted by Gasteiger charge is 2.40. The van der Waals surface area contributed by atoms with Gasteiger partial charge in [0.25, 0.3) is 5.91 Å². The van der Waals surface area contributed by atoms with Gasteiger partial charge in [0, 0.05) is 37.5 Å². The second-order valence-electron chi connectivity index (χ2n) is 7.56. The Bertz CT molecular complexity index is 1000. The minimum atomic E-state index is -2.69. The summed E-state index contributed by atoms with van der Waals surface area (Å²) in [5.74, 6) is -3.09. The highest BCUT2D eigenvalue weighted by Crippen LogP contribution is 2.34. The quantitative estimate of drug-likeness (QED) is 0.707. The molecule has 0 radical (unpaired) electrons. The van der Waals surface area contributed by atoms with E-state index in [4.69, 9.17) is 0 Å². The third-order valence-corrected chi connectivity index (χ3v) is 5.29. The van der Waals surface area contributed by atoms with E-state index >= 15 is 0 Å². The Kier molecular flexibility index (Phi) is 5.13. The van der Waals surface area contributed by atoms with Crippen LogP contribution in [0.15, 0.2) is 55.0 Å². The largest absolute Gasteiger partial charge is 0.348 e. The number of carbonyl (C=O) groups is 1. The van der Waals surface area contributed by atoms with Crippen molar-refractivity contribution in [2.45, 2.75) is 44.6 Å². The lowest BCUT2D eigenvalue weighted by atomic mass is 10.0. The number of nitrogens with one attached hydrogen (secondary N) is 1. The monoisotopic (exact) mass is 396 g/mol. The van der Waals surface area contributed by atoms with Crippen LogP contribution in [0.2, 0.25) is 0 Å². The molecule has 150 valence electrons. The molecule has 29 heavy (non-hydrogen) atoms. The molecular weight excluding hydrogens is 374 g/mol. The Balaban J connectivity index is 1.46. The fraction of sp³-hybridized carbons (Fsp3) is 0.318. The Morgan fingerprint density at radius 3 is 2.76 bits per heavy atom. The van der Waals surface area contributed by atoms with Crippen LogP contribution < -0.4 is 5.32 Å². The average Bonchev–Trinajstić information content (AvgIpc) is 3.34. The normalized spacial score (nSPS) is 18.0. The third-order valence-electron chi connectivity index (χ3n) is 5.29. The summed E-state index contributed by atoms with van der Waals surface area (Å²) in [6.07, 6.45) is 5.72. The third kappa shape index (κ3) is 4.50. The number of amides is 1. The molecular formula is C22H22F2N4O. The molecule has 4 rings (SSSR count). The molecule has 0 aliphatic heterocycles. The molecule has 1 fully saturated rings. The highest BCUT2D eigenvalue weighted by molar-refractivity contribution is 5.92. The van der Waals surface area contributed by atoms with E-state index in [0.29, 0.717) is 12.8 Å². The molecule has 1 unspecified atom stereocenters. The van der Waals surface area contributed by atoms with Gasteiger partial charge >= 0.3 is 0 Å². The number of hydrogen-bond donors (Lipinski definition) is 1. The number of hydrogen-bond acceptors (Lipinski definition) is 3. The molecule has 2 heterocycles. The van der Waals surface area contributed by atoms with E-state index < -0.39 is 17.9 Å². The number of carbonyl (C=O) groups excluding carboxylic acids is 1. The number of aromatic nitrogens is 3. The van der Waals surface area contributed by atoms with Gasteiger partial charge in [-0.1, -0.05) is 12.1 Å². The number of benzene rings is 1. The summed E-state index contributed by atoms with van der Waals surface area (Å²) in [5, 5.41) is 6.91. The summed E-state index contributed by atoms with van der Waals surface area (Å²) in [5.41, 5.74) is 4.28. The number of halogens is 2. The molecule has 1 saturated carbocycles. The summed E-state index contributed by atoms with van der Waals surface area (Å²) in [4.78, 5) is 16.7. The minimum absolute atomic E-state index is 0.181. The highest BCUT2D eigenvalue weighted by atomic mass is 19.3. The number of rotatable bonds is 5. The van der Waals surface area contributed by atoms with E-state index in [1.54, 1.807) is 23.1 Å². The maximum atomic E-state index is 13.4. The predicted molar refractivity (Wildman–Crippen MR) is 105 cm³/mol. The van der Waals surface area contributed by atoms with Crippen molar-refractivity contribution in [2.75, 3.05) is 0 Å². The van der Waals surface area contributed by atoms with E-state index in [2.05, 4.69) is 15.4 Å². The summed E-state index contributed by atoms with van der Waals surface area (Å²) in [6.45, 7) is 1.94. The van der Waals surface area contributed by atoms with Crippen molar-refractivity contribution in [3.8, 4) is 5.69 Å². The molecule has 1 atom stereocenters. The van der Waals surface area contributed by atoms with Crippen molar-refractivity contribution < 1.29 is 13.6 Å². The minimum Gasteiger partial charge on any atom is -0.348 e. The molecule has 0 bridgehead atoms. The molecule has 0 saturated heterocycles. The second-order valence-corrected chi connectivity index (χ2v) is 7.56. The van der Waals surface area contributed by atoms with Gasteiger partial charge in [0.05, 0.1) is 5.69 Å². The lowest BCUT2D eigenvalue weighted by Gasteiger charge is -2.14. The van der Waals surface area contributed by atoms with Gasteiger partial charge in [-0.15, -0.1) is 0 Å². The van der Waals surface area contributed by atoms with E-state index in [1.807, 2.05) is 43.5 Å². The molecule has 2 aromatic heterocycles. The molecule has 1 aliphatic carbocycles. The Labute approximate surface area is 167 Å². The molecule has 1 amide bonds. The SMILES string of the molecule is Cc1cnc(C(=O)NC2CCC(F)(F)C2)cc1Cc1ccc(-n2cccn2)cc1. The van der Waals surface area contributed by atoms with Crippen LogP contribution in [-0.2, 0) is 6.42 Å². The first-order valence-electron chi connectivity index (χ1n) is 9.63. The molecule has 5 nitrogen and oxygen atoms in total. The molecule has 7 heteroatoms. The van der Waals surface area contributed by atoms with E-state index in [1.165, 1.54) is 0 Å². The standard InChI is InChI=1S/C22H22F2N4O/c1-15-14-25-20(21(29)27-18-7-8-22(23,24)13-18)12-17(15)11-16-3-5-19(6-4-16)28-10-2-9-26-28/h2-6,9-10,12,14,18H,7-8,11,13H2,1H3,(H,27,29). The van der Waals surface area contributed by atoms with Crippen LogP contribution in [0.4, 0.5) is 8.78 Å². The van der Waals surface area contributed by atoms with Crippen molar-refractivity contribution in [3.63, 3.8) is 0 Å². The van der Waals surface area contributed by atoms with Crippen LogP contribution in [0, 0.1) is 6.92 Å². The maximum absolute atomic E-state index is 13.4. The van der Waals surface area contributed by atoms with Crippen LogP contribution in [0.1, 0.15) is 46.4 Å². The summed E-state index contributed by atoms with van der Waals surface area (Å²) < 4.78 is 28.5. The molecule has 0 spiro atoms. The van der Waals surface area contributed by atoms with Crippen molar-refractivity contribution in [3.05, 3.63) is 77.4 Å². The molecule has 1 aromatic carbocycles. The van der Waals surface area contributed by atoms with Crippen molar-refractivity contribution >= 4 is 5.91 Å². The lowest BCUT2D eigenvalue weighted by molar-refractivity contribution is 0.00710. The zero-order valence-electron chi connectivity index (χ0n) is 16.1. The van der Waals surface area contributed by atoms with Crippen LogP contribution in [0.5, 0.6) is 0 Å². The number of alkyl halides is 2. The van der Waals surface area contributed by atoms with Crippen LogP contribution in [0.3, 0.4) is 0 Å². The van der Waals surface area contributed by atoms with Crippen LogP contribution in [-0.4, -0.2) is 32.6 Å². The Morgan fingerprint density at radius 1 is 1.31 bits per heavy atom. The van der Waals surface area contributed by atoms with E-state index in [9.17, 15) is 13.6 Å². The summed E-state index contributed by atoms with van der Waals surface area (Å²) >= 11 is 0. The second kappa shape index (κ2) is 7.73. The topological polar surface area (TPSA) is 59.8 Å². The zero-order chi connectivity index (χ0) is 20.4. The fourth-order valence-corrected chi connectivity index (χ4v) is 3.62. The summed E-state index contributed by atoms with van der Waals surface area (Å²) in [6, 6.07) is 11.2. The van der Waals surface area contributed by atoms with Gasteiger partial charge in [0.2, 0.25) is 5.92 Å². The van der Waals surface area contributed by atoms with E-state index in [0.717, 1.165) is 22.4 Å². The molecule has 1 aliphatic rings.